The molecule has 0 radical (unpaired) electrons. The third-order valence-electron chi connectivity index (χ3n) is 2.80. The van der Waals surface area contributed by atoms with Crippen LogP contribution in [0.1, 0.15) is 6.42 Å². The second-order valence-electron chi connectivity index (χ2n) is 4.88. The van der Waals surface area contributed by atoms with Crippen molar-refractivity contribution in [2.45, 2.75) is 24.5 Å². The average molecular weight is 363 g/mol. The van der Waals surface area contributed by atoms with Crippen LogP contribution < -0.4 is 27.4 Å². The van der Waals surface area contributed by atoms with E-state index in [1.54, 1.807) is 0 Å². The van der Waals surface area contributed by atoms with Crippen LogP contribution in [0.15, 0.2) is 0 Å². The minimum absolute atomic E-state index is 0.634. The van der Waals surface area contributed by atoms with Crippen molar-refractivity contribution in [2.24, 2.45) is 11.5 Å². The lowest BCUT2D eigenvalue weighted by molar-refractivity contribution is -0.139. The van der Waals surface area contributed by atoms with Crippen LogP contribution in [0.2, 0.25) is 0 Å². The summed E-state index contributed by atoms with van der Waals surface area (Å²) in [7, 11) is 0. The van der Waals surface area contributed by atoms with Crippen LogP contribution in [0, 0.1) is 0 Å². The van der Waals surface area contributed by atoms with Crippen molar-refractivity contribution in [3.8, 4) is 0 Å². The number of nitrogens with one attached hydrogen (secondary N) is 3. The zero-order valence-corrected chi connectivity index (χ0v) is 13.1. The van der Waals surface area contributed by atoms with Crippen LogP contribution in [0.25, 0.3) is 0 Å². The van der Waals surface area contributed by atoms with E-state index in [1.165, 1.54) is 0 Å². The van der Waals surface area contributed by atoms with Crippen molar-refractivity contribution in [1.29, 1.82) is 0 Å². The molecule has 0 heterocycles. The van der Waals surface area contributed by atoms with Crippen molar-refractivity contribution < 1.29 is 39.3 Å². The van der Waals surface area contributed by atoms with Gasteiger partial charge in [-0.1, -0.05) is 0 Å². The minimum Gasteiger partial charge on any atom is -0.480 e. The van der Waals surface area contributed by atoms with Crippen LogP contribution in [0.5, 0.6) is 0 Å². The normalized spacial score (nSPS) is 13.9. The van der Waals surface area contributed by atoms with Gasteiger partial charge in [0.25, 0.3) is 0 Å². The van der Waals surface area contributed by atoms with Crippen LogP contribution in [0.4, 0.5) is 0 Å². The fraction of sp³-hybridized carbons (Fsp3) is 0.583. The SMILES string of the molecule is NC(=O)CC(NC(=O)C(N)CO)C(=O)NC(CO)C(=O)NCC(=O)O. The Balaban J connectivity index is 4.97. The van der Waals surface area contributed by atoms with Gasteiger partial charge in [0.1, 0.15) is 24.7 Å². The smallest absolute Gasteiger partial charge is 0.322 e. The van der Waals surface area contributed by atoms with Gasteiger partial charge in [0.15, 0.2) is 0 Å². The summed E-state index contributed by atoms with van der Waals surface area (Å²) in [6, 6.07) is -4.38. The number of amides is 4. The second-order valence-corrected chi connectivity index (χ2v) is 4.88. The molecule has 0 aliphatic carbocycles. The average Bonchev–Trinajstić information content (AvgIpc) is 2.55. The van der Waals surface area contributed by atoms with Gasteiger partial charge < -0.3 is 42.7 Å². The van der Waals surface area contributed by atoms with Crippen LogP contribution in [0.3, 0.4) is 0 Å². The van der Waals surface area contributed by atoms with Gasteiger partial charge in [0.05, 0.1) is 19.6 Å². The number of primary amides is 1. The Morgan fingerprint density at radius 1 is 0.880 bits per heavy atom. The van der Waals surface area contributed by atoms with Crippen molar-refractivity contribution in [3.05, 3.63) is 0 Å². The van der Waals surface area contributed by atoms with E-state index in [0.29, 0.717) is 0 Å². The maximum atomic E-state index is 12.1. The van der Waals surface area contributed by atoms with E-state index in [9.17, 15) is 24.0 Å². The van der Waals surface area contributed by atoms with Gasteiger partial charge in [-0.05, 0) is 0 Å². The number of hydrogen-bond acceptors (Lipinski definition) is 8. The van der Waals surface area contributed by atoms with Crippen LogP contribution in [-0.2, 0) is 24.0 Å². The van der Waals surface area contributed by atoms with Crippen molar-refractivity contribution in [1.82, 2.24) is 16.0 Å². The molecule has 0 rings (SSSR count). The third-order valence-corrected chi connectivity index (χ3v) is 2.80. The Morgan fingerprint density at radius 2 is 1.44 bits per heavy atom. The number of aliphatic hydroxyl groups is 2. The van der Waals surface area contributed by atoms with E-state index in [4.69, 9.17) is 26.8 Å². The van der Waals surface area contributed by atoms with E-state index < -0.39 is 73.9 Å². The Hall–Kier alpha value is -2.77. The molecular weight excluding hydrogens is 342 g/mol. The molecule has 10 N–H and O–H groups in total. The van der Waals surface area contributed by atoms with Gasteiger partial charge in [-0.25, -0.2) is 0 Å². The quantitative estimate of drug-likeness (QED) is 0.174. The third kappa shape index (κ3) is 8.59. The molecule has 25 heavy (non-hydrogen) atoms. The van der Waals surface area contributed by atoms with Gasteiger partial charge in [-0.3, -0.25) is 24.0 Å². The van der Waals surface area contributed by atoms with Gasteiger partial charge in [0, 0.05) is 0 Å². The summed E-state index contributed by atoms with van der Waals surface area (Å²) >= 11 is 0. The number of carboxylic acids is 1. The first-order valence-corrected chi connectivity index (χ1v) is 6.98. The predicted octanol–water partition coefficient (Wildman–Crippen LogP) is -5.66. The summed E-state index contributed by atoms with van der Waals surface area (Å²) in [4.78, 5) is 56.8. The van der Waals surface area contributed by atoms with E-state index in [-0.39, 0.29) is 0 Å². The Morgan fingerprint density at radius 3 is 1.88 bits per heavy atom. The number of nitrogens with two attached hydrogens (primary N) is 2. The molecular formula is C12H21N5O8. The Labute approximate surface area is 141 Å². The lowest BCUT2D eigenvalue weighted by Gasteiger charge is -2.22. The summed E-state index contributed by atoms with van der Waals surface area (Å²) in [6.45, 7) is -2.32. The topological polar surface area (TPSA) is 234 Å². The number of carbonyl (C=O) groups excluding carboxylic acids is 4. The van der Waals surface area contributed by atoms with E-state index in [1.807, 2.05) is 10.6 Å². The van der Waals surface area contributed by atoms with E-state index >= 15 is 0 Å². The zero-order valence-electron chi connectivity index (χ0n) is 13.1. The molecule has 0 saturated heterocycles. The minimum atomic E-state index is -1.52. The molecule has 0 bridgehead atoms. The molecule has 13 nitrogen and oxygen atoms in total. The summed E-state index contributed by atoms with van der Waals surface area (Å²) < 4.78 is 0. The highest BCUT2D eigenvalue weighted by molar-refractivity contribution is 5.95. The highest BCUT2D eigenvalue weighted by atomic mass is 16.4. The first-order valence-electron chi connectivity index (χ1n) is 6.98. The molecule has 3 unspecified atom stereocenters. The number of hydrogen-bond donors (Lipinski definition) is 8. The van der Waals surface area contributed by atoms with Gasteiger partial charge in [-0.2, -0.15) is 0 Å². The molecule has 0 saturated carbocycles. The summed E-state index contributed by atoms with van der Waals surface area (Å²) in [6.07, 6.45) is -0.634. The van der Waals surface area contributed by atoms with Gasteiger partial charge in [0.2, 0.25) is 23.6 Å². The van der Waals surface area contributed by atoms with Crippen molar-refractivity contribution >= 4 is 29.6 Å². The summed E-state index contributed by atoms with van der Waals surface area (Å²) in [5, 5.41) is 32.4. The molecule has 13 heteroatoms. The molecule has 0 spiro atoms. The number of carbonyl (C=O) groups is 5. The van der Waals surface area contributed by atoms with Gasteiger partial charge >= 0.3 is 5.97 Å². The first-order chi connectivity index (χ1) is 11.6. The molecule has 0 aromatic heterocycles. The molecule has 0 aromatic carbocycles. The first kappa shape index (κ1) is 22.2. The number of rotatable bonds is 11. The summed E-state index contributed by atoms with van der Waals surface area (Å²) in [5.74, 6) is -5.27. The molecule has 142 valence electrons. The monoisotopic (exact) mass is 363 g/mol. The number of aliphatic carboxylic acids is 1. The largest absolute Gasteiger partial charge is 0.480 e. The number of aliphatic hydroxyl groups excluding tert-OH is 2. The standard InChI is InChI=1S/C12H21N5O8/c13-5(3-18)10(23)16-6(1-8(14)20)12(25)17-7(4-19)11(24)15-2-9(21)22/h5-7,18-19H,1-4,13H2,(H2,14,20)(H,15,24)(H,16,23)(H,17,25)(H,21,22). The lowest BCUT2D eigenvalue weighted by atomic mass is 10.1. The molecule has 0 aliphatic rings. The highest BCUT2D eigenvalue weighted by Gasteiger charge is 2.28. The fourth-order valence-electron chi connectivity index (χ4n) is 1.52. The van der Waals surface area contributed by atoms with Crippen LogP contribution >= 0.6 is 0 Å². The Kier molecular flexibility index (Phi) is 9.69. The van der Waals surface area contributed by atoms with E-state index in [0.717, 1.165) is 0 Å². The van der Waals surface area contributed by atoms with E-state index in [2.05, 4.69) is 5.32 Å². The van der Waals surface area contributed by atoms with Crippen LogP contribution in [-0.4, -0.2) is 82.8 Å². The molecule has 0 aromatic rings. The molecule has 0 fully saturated rings. The predicted molar refractivity (Wildman–Crippen MR) is 80.5 cm³/mol. The number of carboxylic acid groups (broad SMARTS) is 1. The second kappa shape index (κ2) is 10.9. The lowest BCUT2D eigenvalue weighted by Crippen LogP contribution is -2.58. The maximum Gasteiger partial charge on any atom is 0.322 e. The zero-order chi connectivity index (χ0) is 19.6. The molecule has 3 atom stereocenters. The molecule has 0 aliphatic heterocycles. The highest BCUT2D eigenvalue weighted by Crippen LogP contribution is 1.96. The molecule has 4 amide bonds. The van der Waals surface area contributed by atoms with Crippen molar-refractivity contribution in [2.75, 3.05) is 19.8 Å². The maximum absolute atomic E-state index is 12.1. The van der Waals surface area contributed by atoms with Crippen molar-refractivity contribution in [3.63, 3.8) is 0 Å². The summed E-state index contributed by atoms with van der Waals surface area (Å²) in [5.41, 5.74) is 10.2. The van der Waals surface area contributed by atoms with Gasteiger partial charge in [-0.15, -0.1) is 0 Å². The Bertz CT molecular complexity index is 526. The fourth-order valence-corrected chi connectivity index (χ4v) is 1.52.